The van der Waals surface area contributed by atoms with Gasteiger partial charge in [-0.1, -0.05) is 0 Å². The number of hydrogen-bond donors (Lipinski definition) is 0. The van der Waals surface area contributed by atoms with Crippen molar-refractivity contribution in [2.75, 3.05) is 18.6 Å². The standard InChI is InChI=1S/C16H19NO6/c1-9(18)17-13(8-21-4)5-12-6-15(22-10(2)19)16(7-14(12)17)23-11(3)20/h6-7,13H,5,8H2,1-4H3. The maximum absolute atomic E-state index is 12.0. The van der Waals surface area contributed by atoms with Gasteiger partial charge in [-0.05, 0) is 18.1 Å². The fourth-order valence-corrected chi connectivity index (χ4v) is 2.74. The van der Waals surface area contributed by atoms with Crippen LogP contribution >= 0.6 is 0 Å². The van der Waals surface area contributed by atoms with Crippen molar-refractivity contribution in [1.82, 2.24) is 0 Å². The second-order valence-corrected chi connectivity index (χ2v) is 5.32. The second kappa shape index (κ2) is 6.78. The number of methoxy groups -OCH3 is 1. The van der Waals surface area contributed by atoms with E-state index in [9.17, 15) is 14.4 Å². The maximum atomic E-state index is 12.0. The minimum absolute atomic E-state index is 0.107. The van der Waals surface area contributed by atoms with E-state index in [1.165, 1.54) is 20.8 Å². The number of benzene rings is 1. The van der Waals surface area contributed by atoms with Gasteiger partial charge in [-0.3, -0.25) is 14.4 Å². The van der Waals surface area contributed by atoms with Gasteiger partial charge in [0.1, 0.15) is 0 Å². The number of hydrogen-bond acceptors (Lipinski definition) is 6. The summed E-state index contributed by atoms with van der Waals surface area (Å²) in [4.78, 5) is 36.1. The first-order valence-corrected chi connectivity index (χ1v) is 7.16. The molecular formula is C16H19NO6. The Morgan fingerprint density at radius 2 is 1.65 bits per heavy atom. The van der Waals surface area contributed by atoms with Gasteiger partial charge in [0.25, 0.3) is 0 Å². The van der Waals surface area contributed by atoms with Crippen molar-refractivity contribution in [2.24, 2.45) is 0 Å². The Balaban J connectivity index is 2.49. The smallest absolute Gasteiger partial charge is 0.308 e. The molecule has 1 atom stereocenters. The summed E-state index contributed by atoms with van der Waals surface area (Å²) in [6, 6.07) is 3.03. The molecule has 0 spiro atoms. The zero-order chi connectivity index (χ0) is 17.1. The van der Waals surface area contributed by atoms with Crippen molar-refractivity contribution < 1.29 is 28.6 Å². The molecule has 2 rings (SSSR count). The van der Waals surface area contributed by atoms with Crippen molar-refractivity contribution in [3.8, 4) is 11.5 Å². The highest BCUT2D eigenvalue weighted by atomic mass is 16.6. The summed E-state index contributed by atoms with van der Waals surface area (Å²) in [5.74, 6) is -0.934. The number of carbonyl (C=O) groups excluding carboxylic acids is 3. The van der Waals surface area contributed by atoms with Crippen molar-refractivity contribution in [3.63, 3.8) is 0 Å². The second-order valence-electron chi connectivity index (χ2n) is 5.32. The molecule has 7 nitrogen and oxygen atoms in total. The number of fused-ring (bicyclic) bond motifs is 1. The van der Waals surface area contributed by atoms with Crippen LogP contribution < -0.4 is 14.4 Å². The van der Waals surface area contributed by atoms with Crippen molar-refractivity contribution in [2.45, 2.75) is 33.2 Å². The first-order valence-electron chi connectivity index (χ1n) is 7.16. The van der Waals surface area contributed by atoms with E-state index in [0.29, 0.717) is 18.7 Å². The molecule has 1 aromatic rings. The summed E-state index contributed by atoms with van der Waals surface area (Å²) in [6.07, 6.45) is 0.567. The number of nitrogens with zero attached hydrogens (tertiary/aromatic N) is 1. The molecule has 1 unspecified atom stereocenters. The van der Waals surface area contributed by atoms with Gasteiger partial charge in [-0.25, -0.2) is 0 Å². The van der Waals surface area contributed by atoms with E-state index in [4.69, 9.17) is 14.2 Å². The molecule has 7 heteroatoms. The molecule has 0 radical (unpaired) electrons. The molecule has 1 heterocycles. The lowest BCUT2D eigenvalue weighted by Gasteiger charge is -2.23. The fraction of sp³-hybridized carbons (Fsp3) is 0.438. The Morgan fingerprint density at radius 1 is 1.09 bits per heavy atom. The van der Waals surface area contributed by atoms with Gasteiger partial charge < -0.3 is 19.1 Å². The highest BCUT2D eigenvalue weighted by Crippen LogP contribution is 2.41. The topological polar surface area (TPSA) is 82.1 Å². The highest BCUT2D eigenvalue weighted by molar-refractivity contribution is 5.95. The molecule has 0 saturated heterocycles. The number of ether oxygens (including phenoxy) is 3. The van der Waals surface area contributed by atoms with Gasteiger partial charge in [0.15, 0.2) is 11.5 Å². The Hall–Kier alpha value is -2.41. The molecule has 0 aromatic heterocycles. The van der Waals surface area contributed by atoms with E-state index in [2.05, 4.69) is 0 Å². The molecule has 23 heavy (non-hydrogen) atoms. The molecule has 0 aliphatic carbocycles. The van der Waals surface area contributed by atoms with Gasteiger partial charge in [-0.2, -0.15) is 0 Å². The van der Waals surface area contributed by atoms with Crippen LogP contribution in [0.5, 0.6) is 11.5 Å². The van der Waals surface area contributed by atoms with Crippen LogP contribution in [0.1, 0.15) is 26.3 Å². The minimum Gasteiger partial charge on any atom is -0.423 e. The molecule has 0 fully saturated rings. The summed E-state index contributed by atoms with van der Waals surface area (Å²) in [5.41, 5.74) is 1.46. The van der Waals surface area contributed by atoms with Crippen LogP contribution in [0.3, 0.4) is 0 Å². The van der Waals surface area contributed by atoms with Gasteiger partial charge in [-0.15, -0.1) is 0 Å². The molecule has 0 saturated carbocycles. The van der Waals surface area contributed by atoms with Gasteiger partial charge in [0.2, 0.25) is 5.91 Å². The molecule has 1 amide bonds. The Labute approximate surface area is 134 Å². The number of anilines is 1. The van der Waals surface area contributed by atoms with Crippen molar-refractivity contribution >= 4 is 23.5 Å². The van der Waals surface area contributed by atoms with Crippen LogP contribution in [0.2, 0.25) is 0 Å². The molecule has 124 valence electrons. The lowest BCUT2D eigenvalue weighted by atomic mass is 10.1. The van der Waals surface area contributed by atoms with Crippen molar-refractivity contribution in [3.05, 3.63) is 17.7 Å². The van der Waals surface area contributed by atoms with E-state index in [0.717, 1.165) is 5.56 Å². The summed E-state index contributed by atoms with van der Waals surface area (Å²) in [7, 11) is 1.57. The predicted molar refractivity (Wildman–Crippen MR) is 81.6 cm³/mol. The number of rotatable bonds is 4. The van der Waals surface area contributed by atoms with Gasteiger partial charge in [0.05, 0.1) is 18.3 Å². The molecule has 1 aliphatic heterocycles. The highest BCUT2D eigenvalue weighted by Gasteiger charge is 2.34. The van der Waals surface area contributed by atoms with E-state index in [1.807, 2.05) is 0 Å². The number of esters is 2. The van der Waals surface area contributed by atoms with Crippen LogP contribution in [0.15, 0.2) is 12.1 Å². The SMILES string of the molecule is COCC1Cc2cc(OC(C)=O)c(OC(C)=O)cc2N1C(C)=O. The maximum Gasteiger partial charge on any atom is 0.308 e. The summed E-state index contributed by atoms with van der Waals surface area (Å²) in [6.45, 7) is 4.35. The molecule has 0 N–H and O–H groups in total. The van der Waals surface area contributed by atoms with Crippen LogP contribution in [0, 0.1) is 0 Å². The molecule has 0 bridgehead atoms. The third-order valence-corrected chi connectivity index (χ3v) is 3.43. The monoisotopic (exact) mass is 321 g/mol. The van der Waals surface area contributed by atoms with Crippen LogP contribution in [0.25, 0.3) is 0 Å². The lowest BCUT2D eigenvalue weighted by Crippen LogP contribution is -2.38. The Kier molecular flexibility index (Phi) is 5.00. The third kappa shape index (κ3) is 3.68. The van der Waals surface area contributed by atoms with E-state index in [-0.39, 0.29) is 23.4 Å². The average molecular weight is 321 g/mol. The largest absolute Gasteiger partial charge is 0.423 e. The fourth-order valence-electron chi connectivity index (χ4n) is 2.74. The predicted octanol–water partition coefficient (Wildman–Crippen LogP) is 1.46. The van der Waals surface area contributed by atoms with Gasteiger partial charge in [0, 0.05) is 33.9 Å². The Morgan fingerprint density at radius 3 is 2.13 bits per heavy atom. The van der Waals surface area contributed by atoms with E-state index in [1.54, 1.807) is 24.1 Å². The Bertz CT molecular complexity index is 654. The first kappa shape index (κ1) is 17.0. The molecule has 1 aliphatic rings. The first-order chi connectivity index (χ1) is 10.8. The average Bonchev–Trinajstić information content (AvgIpc) is 2.75. The summed E-state index contributed by atoms with van der Waals surface area (Å²) < 4.78 is 15.4. The van der Waals surface area contributed by atoms with Crippen LogP contribution in [-0.2, 0) is 25.5 Å². The molecule has 1 aromatic carbocycles. The zero-order valence-electron chi connectivity index (χ0n) is 13.5. The molecular weight excluding hydrogens is 302 g/mol. The van der Waals surface area contributed by atoms with Crippen LogP contribution in [-0.4, -0.2) is 37.6 Å². The van der Waals surface area contributed by atoms with Crippen molar-refractivity contribution in [1.29, 1.82) is 0 Å². The van der Waals surface area contributed by atoms with E-state index >= 15 is 0 Å². The zero-order valence-corrected chi connectivity index (χ0v) is 13.5. The minimum atomic E-state index is -0.542. The third-order valence-electron chi connectivity index (χ3n) is 3.43. The van der Waals surface area contributed by atoms with E-state index < -0.39 is 11.9 Å². The summed E-state index contributed by atoms with van der Waals surface area (Å²) >= 11 is 0. The van der Waals surface area contributed by atoms with Crippen LogP contribution in [0.4, 0.5) is 5.69 Å². The normalized spacial score (nSPS) is 16.0. The lowest BCUT2D eigenvalue weighted by molar-refractivity contribution is -0.134. The quantitative estimate of drug-likeness (QED) is 0.617. The van der Waals surface area contributed by atoms with Gasteiger partial charge >= 0.3 is 11.9 Å². The number of amides is 1. The summed E-state index contributed by atoms with van der Waals surface area (Å²) in [5, 5.41) is 0. The number of carbonyl (C=O) groups is 3.